The zero-order valence-corrected chi connectivity index (χ0v) is 19.8. The van der Waals surface area contributed by atoms with Crippen molar-refractivity contribution in [2.45, 2.75) is 6.92 Å². The Morgan fingerprint density at radius 3 is 2.17 bits per heavy atom. The van der Waals surface area contributed by atoms with Gasteiger partial charge in [-0.15, -0.1) is 0 Å². The van der Waals surface area contributed by atoms with Crippen LogP contribution < -0.4 is 4.90 Å². The lowest BCUT2D eigenvalue weighted by Gasteiger charge is -2.36. The normalized spacial score (nSPS) is 13.6. The molecular formula is C28H25FN4O3. The summed E-state index contributed by atoms with van der Waals surface area (Å²) in [7, 11) is 0. The van der Waals surface area contributed by atoms with E-state index in [2.05, 4.69) is 4.90 Å². The van der Waals surface area contributed by atoms with Gasteiger partial charge in [0.2, 0.25) is 0 Å². The summed E-state index contributed by atoms with van der Waals surface area (Å²) in [4.78, 5) is 28.0. The van der Waals surface area contributed by atoms with Gasteiger partial charge in [-0.05, 0) is 42.8 Å². The van der Waals surface area contributed by atoms with Gasteiger partial charge in [0.15, 0.2) is 0 Å². The van der Waals surface area contributed by atoms with E-state index in [0.717, 1.165) is 16.9 Å². The summed E-state index contributed by atoms with van der Waals surface area (Å²) in [6.07, 6.45) is 0. The minimum absolute atomic E-state index is 0.0524. The van der Waals surface area contributed by atoms with Crippen LogP contribution in [0.15, 0.2) is 84.9 Å². The highest BCUT2D eigenvalue weighted by Gasteiger charge is 2.27. The molecule has 182 valence electrons. The van der Waals surface area contributed by atoms with Gasteiger partial charge < -0.3 is 14.4 Å². The Balaban J connectivity index is 1.41. The number of carbonyl (C=O) groups excluding carboxylic acids is 1. The molecule has 0 saturated carbocycles. The molecule has 2 heterocycles. The monoisotopic (exact) mass is 484 g/mol. The second kappa shape index (κ2) is 9.65. The highest BCUT2D eigenvalue weighted by molar-refractivity contribution is 5.97. The van der Waals surface area contributed by atoms with E-state index in [4.69, 9.17) is 0 Å². The molecule has 4 aromatic rings. The number of aromatic nitrogens is 1. The largest absolute Gasteiger partial charge is 0.368 e. The molecule has 0 radical (unpaired) electrons. The van der Waals surface area contributed by atoms with Gasteiger partial charge >= 0.3 is 0 Å². The summed E-state index contributed by atoms with van der Waals surface area (Å²) in [6, 6.07) is 24.5. The van der Waals surface area contributed by atoms with Gasteiger partial charge in [0.05, 0.1) is 21.9 Å². The van der Waals surface area contributed by atoms with E-state index in [1.165, 1.54) is 18.2 Å². The van der Waals surface area contributed by atoms with Crippen LogP contribution in [0.25, 0.3) is 16.9 Å². The van der Waals surface area contributed by atoms with Crippen molar-refractivity contribution >= 4 is 17.3 Å². The molecule has 0 bridgehead atoms. The van der Waals surface area contributed by atoms with Crippen LogP contribution in [0.5, 0.6) is 0 Å². The minimum atomic E-state index is -0.417. The van der Waals surface area contributed by atoms with Crippen molar-refractivity contribution in [1.29, 1.82) is 0 Å². The summed E-state index contributed by atoms with van der Waals surface area (Å²) in [5, 5.41) is 10.9. The molecule has 0 aliphatic carbocycles. The summed E-state index contributed by atoms with van der Waals surface area (Å²) in [5.74, 6) is -0.452. The lowest BCUT2D eigenvalue weighted by molar-refractivity contribution is -0.384. The van der Waals surface area contributed by atoms with Crippen LogP contribution in [0.4, 0.5) is 15.8 Å². The number of non-ortho nitro benzene ring substituents is 1. The first-order chi connectivity index (χ1) is 17.4. The first-order valence-corrected chi connectivity index (χ1v) is 11.8. The Labute approximate surface area is 208 Å². The number of hydrogen-bond donors (Lipinski definition) is 0. The van der Waals surface area contributed by atoms with Crippen molar-refractivity contribution in [3.63, 3.8) is 0 Å². The van der Waals surface area contributed by atoms with E-state index in [9.17, 15) is 19.3 Å². The average Bonchev–Trinajstić information content (AvgIpc) is 3.26. The standard InChI is InChI=1S/C28H25FN4O3/c1-20-24(19-27(21-7-3-2-4-8-21)32(20)26-10-6-5-9-25(26)29)28(34)31-17-15-30(16-18-31)22-11-13-23(14-12-22)33(35)36/h2-14,19H,15-18H2,1H3. The van der Waals surface area contributed by atoms with Crippen molar-refractivity contribution < 1.29 is 14.1 Å². The van der Waals surface area contributed by atoms with E-state index in [-0.39, 0.29) is 17.4 Å². The molecule has 0 atom stereocenters. The molecule has 1 amide bonds. The molecule has 0 unspecified atom stereocenters. The number of nitrogens with zero attached hydrogens (tertiary/aromatic N) is 4. The number of piperazine rings is 1. The Morgan fingerprint density at radius 2 is 1.53 bits per heavy atom. The maximum atomic E-state index is 14.8. The number of halogens is 1. The number of nitro groups is 1. The maximum Gasteiger partial charge on any atom is 0.269 e. The van der Waals surface area contributed by atoms with Crippen LogP contribution in [-0.4, -0.2) is 46.5 Å². The molecule has 3 aromatic carbocycles. The topological polar surface area (TPSA) is 71.6 Å². The van der Waals surface area contributed by atoms with Crippen LogP contribution in [0.2, 0.25) is 0 Å². The number of amides is 1. The first kappa shape index (κ1) is 23.3. The highest BCUT2D eigenvalue weighted by Crippen LogP contribution is 2.31. The highest BCUT2D eigenvalue weighted by atomic mass is 19.1. The predicted molar refractivity (Wildman–Crippen MR) is 137 cm³/mol. The summed E-state index contributed by atoms with van der Waals surface area (Å²) in [5.41, 5.74) is 4.22. The minimum Gasteiger partial charge on any atom is -0.368 e. The number of hydrogen-bond acceptors (Lipinski definition) is 4. The van der Waals surface area contributed by atoms with Gasteiger partial charge in [-0.25, -0.2) is 4.39 Å². The van der Waals surface area contributed by atoms with Gasteiger partial charge in [0, 0.05) is 49.7 Å². The predicted octanol–water partition coefficient (Wildman–Crippen LogP) is 5.46. The number of carbonyl (C=O) groups is 1. The van der Waals surface area contributed by atoms with Gasteiger partial charge in [-0.1, -0.05) is 42.5 Å². The molecule has 1 aliphatic rings. The van der Waals surface area contributed by atoms with E-state index in [1.54, 1.807) is 30.3 Å². The van der Waals surface area contributed by atoms with E-state index < -0.39 is 4.92 Å². The molecule has 1 saturated heterocycles. The molecule has 7 nitrogen and oxygen atoms in total. The zero-order valence-electron chi connectivity index (χ0n) is 19.8. The molecule has 5 rings (SSSR count). The summed E-state index contributed by atoms with van der Waals surface area (Å²) in [6.45, 7) is 4.10. The fourth-order valence-corrected chi connectivity index (χ4v) is 4.71. The molecule has 0 spiro atoms. The average molecular weight is 485 g/mol. The SMILES string of the molecule is Cc1c(C(=O)N2CCN(c3ccc([N+](=O)[O-])cc3)CC2)cc(-c2ccccc2)n1-c1ccccc1F. The van der Waals surface area contributed by atoms with Crippen LogP contribution in [0, 0.1) is 22.9 Å². The molecule has 36 heavy (non-hydrogen) atoms. The lowest BCUT2D eigenvalue weighted by atomic mass is 10.1. The van der Waals surface area contributed by atoms with Gasteiger partial charge in [-0.2, -0.15) is 0 Å². The van der Waals surface area contributed by atoms with Gasteiger partial charge in [0.1, 0.15) is 5.82 Å². The summed E-state index contributed by atoms with van der Waals surface area (Å²) >= 11 is 0. The van der Waals surface area contributed by atoms with Crippen LogP contribution in [-0.2, 0) is 0 Å². The molecule has 1 fully saturated rings. The van der Waals surface area contributed by atoms with Gasteiger partial charge in [-0.3, -0.25) is 14.9 Å². The third kappa shape index (κ3) is 4.33. The molecule has 0 N–H and O–H groups in total. The Kier molecular flexibility index (Phi) is 6.25. The van der Waals surface area contributed by atoms with E-state index in [0.29, 0.717) is 43.1 Å². The van der Waals surface area contributed by atoms with Gasteiger partial charge in [0.25, 0.3) is 11.6 Å². The Bertz CT molecular complexity index is 1410. The molecule has 1 aliphatic heterocycles. The number of rotatable bonds is 5. The van der Waals surface area contributed by atoms with Crippen molar-refractivity contribution in [2.24, 2.45) is 0 Å². The van der Waals surface area contributed by atoms with E-state index >= 15 is 0 Å². The fraction of sp³-hybridized carbons (Fsp3) is 0.179. The fourth-order valence-electron chi connectivity index (χ4n) is 4.71. The smallest absolute Gasteiger partial charge is 0.269 e. The summed E-state index contributed by atoms with van der Waals surface area (Å²) < 4.78 is 16.6. The zero-order chi connectivity index (χ0) is 25.2. The number of benzene rings is 3. The number of anilines is 1. The lowest BCUT2D eigenvalue weighted by Crippen LogP contribution is -2.48. The maximum absolute atomic E-state index is 14.8. The van der Waals surface area contributed by atoms with Crippen LogP contribution >= 0.6 is 0 Å². The molecule has 8 heteroatoms. The van der Waals surface area contributed by atoms with Crippen molar-refractivity contribution in [1.82, 2.24) is 9.47 Å². The van der Waals surface area contributed by atoms with Crippen molar-refractivity contribution in [3.8, 4) is 16.9 Å². The number of nitro benzene ring substituents is 1. The Hall–Kier alpha value is -4.46. The second-order valence-corrected chi connectivity index (χ2v) is 8.73. The van der Waals surface area contributed by atoms with Crippen molar-refractivity contribution in [3.05, 3.63) is 112 Å². The number of para-hydroxylation sites is 1. The molecule has 1 aromatic heterocycles. The first-order valence-electron chi connectivity index (χ1n) is 11.8. The molecular weight excluding hydrogens is 459 g/mol. The van der Waals surface area contributed by atoms with Crippen molar-refractivity contribution in [2.75, 3.05) is 31.1 Å². The Morgan fingerprint density at radius 1 is 0.889 bits per heavy atom. The van der Waals surface area contributed by atoms with E-state index in [1.807, 2.05) is 52.8 Å². The second-order valence-electron chi connectivity index (χ2n) is 8.73. The quantitative estimate of drug-likeness (QED) is 0.279. The third-order valence-electron chi connectivity index (χ3n) is 6.63. The van der Waals surface area contributed by atoms with Crippen LogP contribution in [0.1, 0.15) is 16.1 Å². The van der Waals surface area contributed by atoms with Crippen LogP contribution in [0.3, 0.4) is 0 Å². The third-order valence-corrected chi connectivity index (χ3v) is 6.63.